The number of nitrogens with zero attached hydrogens (tertiary/aromatic N) is 2. The number of carboxylic acids is 1. The second-order valence-electron chi connectivity index (χ2n) is 4.77. The van der Waals surface area contributed by atoms with Gasteiger partial charge in [0.2, 0.25) is 0 Å². The predicted octanol–water partition coefficient (Wildman–Crippen LogP) is 1.14. The molecule has 1 fully saturated rings. The number of anilines is 1. The minimum absolute atomic E-state index is 0.0796. The molecular weight excluding hydrogens is 234 g/mol. The van der Waals surface area contributed by atoms with Gasteiger partial charge >= 0.3 is 5.97 Å². The third-order valence-electron chi connectivity index (χ3n) is 3.63. The number of aliphatic hydroxyl groups excluding tert-OH is 1. The normalized spacial score (nSPS) is 16.9. The molecule has 1 aliphatic carbocycles. The van der Waals surface area contributed by atoms with Gasteiger partial charge in [0.05, 0.1) is 0 Å². The Bertz CT molecular complexity index is 432. The standard InChI is InChI=1S/C12H17N3O3/c16-5-4-12(2-1-3-12)7-14-10-9(11(17)18)6-13-8-15-10/h6,8,16H,1-5,7H2,(H,17,18)(H,13,14,15). The van der Waals surface area contributed by atoms with Crippen molar-refractivity contribution in [2.75, 3.05) is 18.5 Å². The summed E-state index contributed by atoms with van der Waals surface area (Å²) >= 11 is 0. The van der Waals surface area contributed by atoms with E-state index in [0.29, 0.717) is 12.4 Å². The summed E-state index contributed by atoms with van der Waals surface area (Å²) in [7, 11) is 0. The summed E-state index contributed by atoms with van der Waals surface area (Å²) in [4.78, 5) is 18.7. The molecule has 0 saturated heterocycles. The molecule has 0 radical (unpaired) electrons. The largest absolute Gasteiger partial charge is 0.477 e. The van der Waals surface area contributed by atoms with Crippen LogP contribution in [0.1, 0.15) is 36.0 Å². The van der Waals surface area contributed by atoms with Crippen LogP contribution in [0.15, 0.2) is 12.5 Å². The van der Waals surface area contributed by atoms with Gasteiger partial charge in [-0.15, -0.1) is 0 Å². The molecule has 0 bridgehead atoms. The van der Waals surface area contributed by atoms with E-state index < -0.39 is 5.97 Å². The molecule has 6 nitrogen and oxygen atoms in total. The molecule has 0 amide bonds. The van der Waals surface area contributed by atoms with Gasteiger partial charge in [0.15, 0.2) is 0 Å². The first-order valence-electron chi connectivity index (χ1n) is 6.05. The quantitative estimate of drug-likeness (QED) is 0.701. The fourth-order valence-electron chi connectivity index (χ4n) is 2.33. The zero-order valence-electron chi connectivity index (χ0n) is 10.1. The minimum atomic E-state index is -1.04. The Hall–Kier alpha value is -1.69. The lowest BCUT2D eigenvalue weighted by Gasteiger charge is -2.42. The van der Waals surface area contributed by atoms with Gasteiger partial charge < -0.3 is 15.5 Å². The van der Waals surface area contributed by atoms with Crippen molar-refractivity contribution in [3.63, 3.8) is 0 Å². The lowest BCUT2D eigenvalue weighted by atomic mass is 9.67. The van der Waals surface area contributed by atoms with Crippen molar-refractivity contribution in [2.45, 2.75) is 25.7 Å². The van der Waals surface area contributed by atoms with E-state index >= 15 is 0 Å². The van der Waals surface area contributed by atoms with Gasteiger partial charge in [-0.25, -0.2) is 14.8 Å². The van der Waals surface area contributed by atoms with E-state index in [1.807, 2.05) is 0 Å². The lowest BCUT2D eigenvalue weighted by Crippen LogP contribution is -2.37. The SMILES string of the molecule is O=C(O)c1cncnc1NCC1(CCO)CCC1. The molecule has 18 heavy (non-hydrogen) atoms. The van der Waals surface area contributed by atoms with Crippen LogP contribution in [-0.2, 0) is 0 Å². The van der Waals surface area contributed by atoms with Gasteiger partial charge in [-0.05, 0) is 24.7 Å². The molecule has 98 valence electrons. The van der Waals surface area contributed by atoms with Crippen LogP contribution in [0.4, 0.5) is 5.82 Å². The summed E-state index contributed by atoms with van der Waals surface area (Å²) in [6, 6.07) is 0. The maximum Gasteiger partial charge on any atom is 0.341 e. The van der Waals surface area contributed by atoms with Crippen molar-refractivity contribution < 1.29 is 15.0 Å². The number of aliphatic hydroxyl groups is 1. The summed E-state index contributed by atoms with van der Waals surface area (Å²) < 4.78 is 0. The number of carbonyl (C=O) groups is 1. The summed E-state index contributed by atoms with van der Waals surface area (Å²) in [6.45, 7) is 0.808. The molecule has 2 rings (SSSR count). The highest BCUT2D eigenvalue weighted by Gasteiger charge is 2.36. The molecule has 0 aliphatic heterocycles. The Labute approximate surface area is 105 Å². The van der Waals surface area contributed by atoms with Gasteiger partial charge in [-0.1, -0.05) is 6.42 Å². The zero-order valence-corrected chi connectivity index (χ0v) is 10.1. The van der Waals surface area contributed by atoms with E-state index in [9.17, 15) is 4.79 Å². The summed E-state index contributed by atoms with van der Waals surface area (Å²) in [5.74, 6) is -0.690. The third-order valence-corrected chi connectivity index (χ3v) is 3.63. The third kappa shape index (κ3) is 2.59. The average Bonchev–Trinajstić information content (AvgIpc) is 2.32. The molecule has 1 heterocycles. The Balaban J connectivity index is 2.03. The van der Waals surface area contributed by atoms with Crippen LogP contribution in [0.2, 0.25) is 0 Å². The van der Waals surface area contributed by atoms with Crippen molar-refractivity contribution in [1.29, 1.82) is 0 Å². The molecule has 0 spiro atoms. The Kier molecular flexibility index (Phi) is 3.76. The van der Waals surface area contributed by atoms with Crippen LogP contribution in [-0.4, -0.2) is 39.3 Å². The van der Waals surface area contributed by atoms with Crippen molar-refractivity contribution >= 4 is 11.8 Å². The first-order valence-corrected chi connectivity index (χ1v) is 6.05. The molecular formula is C12H17N3O3. The maximum atomic E-state index is 11.0. The van der Waals surface area contributed by atoms with E-state index in [4.69, 9.17) is 10.2 Å². The summed E-state index contributed by atoms with van der Waals surface area (Å²) in [5, 5.41) is 21.1. The van der Waals surface area contributed by atoms with Gasteiger partial charge in [0, 0.05) is 19.3 Å². The Morgan fingerprint density at radius 3 is 2.83 bits per heavy atom. The van der Waals surface area contributed by atoms with E-state index in [2.05, 4.69) is 15.3 Å². The molecule has 1 aromatic rings. The van der Waals surface area contributed by atoms with Crippen molar-refractivity contribution in [2.24, 2.45) is 5.41 Å². The monoisotopic (exact) mass is 251 g/mol. The molecule has 0 atom stereocenters. The van der Waals surface area contributed by atoms with Crippen molar-refractivity contribution in [1.82, 2.24) is 9.97 Å². The fourth-order valence-corrected chi connectivity index (χ4v) is 2.33. The highest BCUT2D eigenvalue weighted by Crippen LogP contribution is 2.43. The second kappa shape index (κ2) is 5.30. The number of carboxylic acid groups (broad SMARTS) is 1. The first-order chi connectivity index (χ1) is 8.67. The van der Waals surface area contributed by atoms with E-state index in [1.54, 1.807) is 0 Å². The van der Waals surface area contributed by atoms with Crippen LogP contribution < -0.4 is 5.32 Å². The second-order valence-corrected chi connectivity index (χ2v) is 4.77. The van der Waals surface area contributed by atoms with Crippen LogP contribution in [0.25, 0.3) is 0 Å². The summed E-state index contributed by atoms with van der Waals surface area (Å²) in [5.41, 5.74) is 0.172. The number of aromatic nitrogens is 2. The van der Waals surface area contributed by atoms with E-state index in [1.165, 1.54) is 12.5 Å². The molecule has 0 unspecified atom stereocenters. The molecule has 0 aromatic carbocycles. The highest BCUT2D eigenvalue weighted by atomic mass is 16.4. The number of hydrogen-bond acceptors (Lipinski definition) is 5. The Morgan fingerprint density at radius 2 is 2.28 bits per heavy atom. The number of nitrogens with one attached hydrogen (secondary N) is 1. The lowest BCUT2D eigenvalue weighted by molar-refractivity contribution is 0.0696. The molecule has 1 aliphatic rings. The first kappa shape index (κ1) is 12.8. The van der Waals surface area contributed by atoms with Crippen LogP contribution >= 0.6 is 0 Å². The van der Waals surface area contributed by atoms with E-state index in [0.717, 1.165) is 25.7 Å². The van der Waals surface area contributed by atoms with Crippen LogP contribution in [0, 0.1) is 5.41 Å². The van der Waals surface area contributed by atoms with Crippen molar-refractivity contribution in [3.8, 4) is 0 Å². The van der Waals surface area contributed by atoms with E-state index in [-0.39, 0.29) is 17.6 Å². The zero-order chi connectivity index (χ0) is 13.0. The van der Waals surface area contributed by atoms with Gasteiger partial charge in [-0.2, -0.15) is 0 Å². The van der Waals surface area contributed by atoms with Crippen LogP contribution in [0.5, 0.6) is 0 Å². The van der Waals surface area contributed by atoms with Gasteiger partial charge in [-0.3, -0.25) is 0 Å². The minimum Gasteiger partial charge on any atom is -0.477 e. The molecule has 3 N–H and O–H groups in total. The molecule has 6 heteroatoms. The number of aromatic carboxylic acids is 1. The van der Waals surface area contributed by atoms with Crippen molar-refractivity contribution in [3.05, 3.63) is 18.1 Å². The number of hydrogen-bond donors (Lipinski definition) is 3. The topological polar surface area (TPSA) is 95.3 Å². The maximum absolute atomic E-state index is 11.0. The Morgan fingerprint density at radius 1 is 1.50 bits per heavy atom. The smallest absolute Gasteiger partial charge is 0.341 e. The van der Waals surface area contributed by atoms with Crippen LogP contribution in [0.3, 0.4) is 0 Å². The number of rotatable bonds is 6. The summed E-state index contributed by atoms with van der Waals surface area (Å²) in [6.07, 6.45) is 6.65. The van der Waals surface area contributed by atoms with Gasteiger partial charge in [0.1, 0.15) is 17.7 Å². The predicted molar refractivity (Wildman–Crippen MR) is 65.5 cm³/mol. The molecule has 1 aromatic heterocycles. The highest BCUT2D eigenvalue weighted by molar-refractivity contribution is 5.92. The fraction of sp³-hybridized carbons (Fsp3) is 0.583. The average molecular weight is 251 g/mol. The molecule has 1 saturated carbocycles. The van der Waals surface area contributed by atoms with Gasteiger partial charge in [0.25, 0.3) is 0 Å².